The molecule has 1 N–H and O–H groups in total. The molecule has 29 heavy (non-hydrogen) atoms. The topological polar surface area (TPSA) is 104 Å². The van der Waals surface area contributed by atoms with Gasteiger partial charge in [0.1, 0.15) is 0 Å². The molecule has 0 bridgehead atoms. The van der Waals surface area contributed by atoms with Gasteiger partial charge in [-0.3, -0.25) is 4.79 Å². The lowest BCUT2D eigenvalue weighted by atomic mass is 10.1. The van der Waals surface area contributed by atoms with Crippen LogP contribution in [-0.4, -0.2) is 49.1 Å². The quantitative estimate of drug-likeness (QED) is 0.586. The van der Waals surface area contributed by atoms with Crippen molar-refractivity contribution in [3.8, 4) is 11.5 Å². The van der Waals surface area contributed by atoms with Gasteiger partial charge in [0.2, 0.25) is 5.78 Å². The predicted octanol–water partition coefficient (Wildman–Crippen LogP) is 3.01. The fraction of sp³-hybridized carbons (Fsp3) is 0.381. The number of aromatic amines is 1. The number of aryl methyl sites for hydroxylation is 2. The highest BCUT2D eigenvalue weighted by atomic mass is 16.5. The Balaban J connectivity index is 1.72. The minimum Gasteiger partial charge on any atom is -0.490 e. The summed E-state index contributed by atoms with van der Waals surface area (Å²) in [6.07, 6.45) is 0.751. The first kappa shape index (κ1) is 20.4. The largest absolute Gasteiger partial charge is 0.490 e. The van der Waals surface area contributed by atoms with Crippen molar-refractivity contribution < 1.29 is 33.3 Å². The van der Waals surface area contributed by atoms with Gasteiger partial charge in [-0.15, -0.1) is 0 Å². The first-order valence-corrected chi connectivity index (χ1v) is 9.38. The van der Waals surface area contributed by atoms with Gasteiger partial charge in [0.25, 0.3) is 0 Å². The van der Waals surface area contributed by atoms with E-state index in [9.17, 15) is 14.4 Å². The molecule has 154 valence electrons. The first-order valence-electron chi connectivity index (χ1n) is 9.38. The number of rotatable bonds is 6. The number of ketones is 1. The maximum Gasteiger partial charge on any atom is 0.340 e. The minimum absolute atomic E-state index is 0.168. The fourth-order valence-electron chi connectivity index (χ4n) is 3.17. The zero-order valence-corrected chi connectivity index (χ0v) is 16.6. The highest BCUT2D eigenvalue weighted by molar-refractivity contribution is 6.09. The summed E-state index contributed by atoms with van der Waals surface area (Å²) in [5.41, 5.74) is 1.63. The van der Waals surface area contributed by atoms with Crippen LogP contribution in [0.2, 0.25) is 0 Å². The van der Waals surface area contributed by atoms with Crippen molar-refractivity contribution in [2.45, 2.75) is 27.2 Å². The predicted molar refractivity (Wildman–Crippen MR) is 103 cm³/mol. The summed E-state index contributed by atoms with van der Waals surface area (Å²) in [7, 11) is 0. The third-order valence-corrected chi connectivity index (χ3v) is 4.45. The summed E-state index contributed by atoms with van der Waals surface area (Å²) in [5.74, 6) is -0.723. The lowest BCUT2D eigenvalue weighted by Crippen LogP contribution is -2.18. The van der Waals surface area contributed by atoms with Crippen LogP contribution in [0.1, 0.15) is 55.8 Å². The SMILES string of the molecule is CCOC(=O)c1c(C)[nH]c(C)c1C(=O)COC(=O)c1ccc2c(c1)OCCCO2. The van der Waals surface area contributed by atoms with E-state index in [1.165, 1.54) is 6.07 Å². The van der Waals surface area contributed by atoms with E-state index in [4.69, 9.17) is 18.9 Å². The second-order valence-corrected chi connectivity index (χ2v) is 6.56. The molecule has 0 atom stereocenters. The molecule has 8 nitrogen and oxygen atoms in total. The van der Waals surface area contributed by atoms with Crippen molar-refractivity contribution in [3.63, 3.8) is 0 Å². The van der Waals surface area contributed by atoms with Crippen LogP contribution in [0, 0.1) is 13.8 Å². The molecule has 0 saturated carbocycles. The highest BCUT2D eigenvalue weighted by Crippen LogP contribution is 2.30. The second-order valence-electron chi connectivity index (χ2n) is 6.56. The third-order valence-electron chi connectivity index (χ3n) is 4.45. The number of benzene rings is 1. The number of Topliss-reactive ketones (excluding diaryl/α,β-unsaturated/α-hetero) is 1. The van der Waals surface area contributed by atoms with Crippen LogP contribution in [0.15, 0.2) is 18.2 Å². The van der Waals surface area contributed by atoms with Crippen molar-refractivity contribution >= 4 is 17.7 Å². The molecular formula is C21H23NO7. The lowest BCUT2D eigenvalue weighted by Gasteiger charge is -2.10. The van der Waals surface area contributed by atoms with Crippen LogP contribution < -0.4 is 9.47 Å². The molecule has 0 saturated heterocycles. The molecule has 1 aromatic heterocycles. The second kappa shape index (κ2) is 8.81. The molecule has 2 aromatic rings. The van der Waals surface area contributed by atoms with Gasteiger partial charge in [0.05, 0.1) is 36.5 Å². The summed E-state index contributed by atoms with van der Waals surface area (Å²) in [5, 5.41) is 0. The Morgan fingerprint density at radius 1 is 0.966 bits per heavy atom. The summed E-state index contributed by atoms with van der Waals surface area (Å²) < 4.78 is 21.3. The molecule has 1 aromatic carbocycles. The van der Waals surface area contributed by atoms with Gasteiger partial charge in [-0.05, 0) is 39.0 Å². The van der Waals surface area contributed by atoms with E-state index in [-0.39, 0.29) is 23.3 Å². The number of nitrogens with one attached hydrogen (secondary N) is 1. The zero-order valence-electron chi connectivity index (χ0n) is 16.6. The number of carbonyl (C=O) groups excluding carboxylic acids is 3. The lowest BCUT2D eigenvalue weighted by molar-refractivity contribution is 0.0471. The van der Waals surface area contributed by atoms with E-state index in [0.717, 1.165) is 6.42 Å². The fourth-order valence-corrected chi connectivity index (χ4v) is 3.17. The van der Waals surface area contributed by atoms with E-state index < -0.39 is 24.3 Å². The normalized spacial score (nSPS) is 12.8. The molecule has 1 aliphatic heterocycles. The Labute approximate surface area is 168 Å². The Morgan fingerprint density at radius 3 is 2.38 bits per heavy atom. The first-order chi connectivity index (χ1) is 13.9. The van der Waals surface area contributed by atoms with Gasteiger partial charge in [0, 0.05) is 17.8 Å². The van der Waals surface area contributed by atoms with Crippen LogP contribution in [0.3, 0.4) is 0 Å². The number of H-pyrrole nitrogens is 1. The highest BCUT2D eigenvalue weighted by Gasteiger charge is 2.26. The van der Waals surface area contributed by atoms with Crippen LogP contribution >= 0.6 is 0 Å². The number of aromatic nitrogens is 1. The Bertz CT molecular complexity index is 945. The van der Waals surface area contributed by atoms with Crippen molar-refractivity contribution in [3.05, 3.63) is 46.3 Å². The molecule has 0 amide bonds. The molecular weight excluding hydrogens is 378 g/mol. The number of esters is 2. The van der Waals surface area contributed by atoms with E-state index in [1.807, 2.05) is 0 Å². The summed E-state index contributed by atoms with van der Waals surface area (Å²) in [6.45, 7) is 5.77. The average Bonchev–Trinajstić information content (AvgIpc) is 2.85. The van der Waals surface area contributed by atoms with Crippen LogP contribution in [0.4, 0.5) is 0 Å². The van der Waals surface area contributed by atoms with Crippen molar-refractivity contribution in [2.24, 2.45) is 0 Å². The standard InChI is InChI=1S/C21H23NO7/c1-4-26-21(25)19-13(3)22-12(2)18(19)15(23)11-29-20(24)14-6-7-16-17(10-14)28-9-5-8-27-16/h6-7,10,22H,4-5,8-9,11H2,1-3H3. The Kier molecular flexibility index (Phi) is 6.21. The van der Waals surface area contributed by atoms with E-state index in [2.05, 4.69) is 4.98 Å². The number of ether oxygens (including phenoxy) is 4. The molecule has 2 heterocycles. The zero-order chi connectivity index (χ0) is 21.0. The van der Waals surface area contributed by atoms with Crippen LogP contribution in [0.5, 0.6) is 11.5 Å². The van der Waals surface area contributed by atoms with Crippen molar-refractivity contribution in [1.29, 1.82) is 0 Å². The molecule has 0 spiro atoms. The molecule has 0 aliphatic carbocycles. The number of hydrogen-bond donors (Lipinski definition) is 1. The maximum absolute atomic E-state index is 12.7. The molecule has 0 radical (unpaired) electrons. The third kappa shape index (κ3) is 4.42. The summed E-state index contributed by atoms with van der Waals surface area (Å²) in [6, 6.07) is 4.72. The van der Waals surface area contributed by atoms with E-state index >= 15 is 0 Å². The summed E-state index contributed by atoms with van der Waals surface area (Å²) >= 11 is 0. The minimum atomic E-state index is -0.670. The molecule has 0 fully saturated rings. The van der Waals surface area contributed by atoms with Crippen LogP contribution in [-0.2, 0) is 9.47 Å². The molecule has 8 heteroatoms. The monoisotopic (exact) mass is 401 g/mol. The average molecular weight is 401 g/mol. The summed E-state index contributed by atoms with van der Waals surface area (Å²) in [4.78, 5) is 40.2. The number of hydrogen-bond acceptors (Lipinski definition) is 7. The van der Waals surface area contributed by atoms with Crippen molar-refractivity contribution in [2.75, 3.05) is 26.4 Å². The number of fused-ring (bicyclic) bond motifs is 1. The molecule has 3 rings (SSSR count). The van der Waals surface area contributed by atoms with Gasteiger partial charge in [-0.25, -0.2) is 9.59 Å². The van der Waals surface area contributed by atoms with Crippen LogP contribution in [0.25, 0.3) is 0 Å². The maximum atomic E-state index is 12.7. The number of carbonyl (C=O) groups is 3. The molecule has 0 unspecified atom stereocenters. The van der Waals surface area contributed by atoms with Gasteiger partial charge in [-0.1, -0.05) is 0 Å². The van der Waals surface area contributed by atoms with Gasteiger partial charge in [0.15, 0.2) is 18.1 Å². The van der Waals surface area contributed by atoms with Crippen molar-refractivity contribution in [1.82, 2.24) is 4.98 Å². The van der Waals surface area contributed by atoms with E-state index in [1.54, 1.807) is 32.9 Å². The smallest absolute Gasteiger partial charge is 0.340 e. The van der Waals surface area contributed by atoms with Gasteiger partial charge < -0.3 is 23.9 Å². The Morgan fingerprint density at radius 2 is 1.66 bits per heavy atom. The molecule has 1 aliphatic rings. The Hall–Kier alpha value is -3.29. The van der Waals surface area contributed by atoms with E-state index in [0.29, 0.717) is 36.1 Å². The van der Waals surface area contributed by atoms with Gasteiger partial charge >= 0.3 is 11.9 Å². The van der Waals surface area contributed by atoms with Gasteiger partial charge in [-0.2, -0.15) is 0 Å².